The highest BCUT2D eigenvalue weighted by Crippen LogP contribution is 2.15. The standard InChI is InChI=1S/C19H38O2.C17H34O2/c1-2-3-4-5-6-7-8-9-10-11-12-13-14-15-16-17-18-19(20)21;1-2-3-4-5-6-7-8-9-10-11-12-13-14-15-16-17(18)19/h2-18H2,1H3,(H,20,21);2-16H2,1H3,(H,18,19). The van der Waals surface area contributed by atoms with Gasteiger partial charge in [0.1, 0.15) is 0 Å². The van der Waals surface area contributed by atoms with Crippen LogP contribution in [0.4, 0.5) is 0 Å². The number of carboxylic acids is 2. The van der Waals surface area contributed by atoms with E-state index in [9.17, 15) is 9.59 Å². The number of hydrogen-bond acceptors (Lipinski definition) is 2. The molecule has 0 atom stereocenters. The van der Waals surface area contributed by atoms with E-state index >= 15 is 0 Å². The third-order valence-corrected chi connectivity index (χ3v) is 7.99. The van der Waals surface area contributed by atoms with Crippen molar-refractivity contribution in [1.82, 2.24) is 0 Å². The Kier molecular flexibility index (Phi) is 39.0. The second-order valence-corrected chi connectivity index (χ2v) is 12.2. The largest absolute Gasteiger partial charge is 0.481 e. The second-order valence-electron chi connectivity index (χ2n) is 12.2. The van der Waals surface area contributed by atoms with Crippen molar-refractivity contribution < 1.29 is 19.8 Å². The van der Waals surface area contributed by atoms with Crippen molar-refractivity contribution in [2.75, 3.05) is 0 Å². The van der Waals surface area contributed by atoms with Crippen molar-refractivity contribution in [3.05, 3.63) is 0 Å². The van der Waals surface area contributed by atoms with Gasteiger partial charge in [-0.15, -0.1) is 0 Å². The molecule has 0 saturated carbocycles. The van der Waals surface area contributed by atoms with Gasteiger partial charge in [0, 0.05) is 12.8 Å². The first-order valence-electron chi connectivity index (χ1n) is 18.0. The molecule has 0 aliphatic rings. The average Bonchev–Trinajstić information content (AvgIpc) is 2.93. The Hall–Kier alpha value is -1.06. The summed E-state index contributed by atoms with van der Waals surface area (Å²) in [6, 6.07) is 0. The highest BCUT2D eigenvalue weighted by molar-refractivity contribution is 5.66. The minimum Gasteiger partial charge on any atom is -0.481 e. The summed E-state index contributed by atoms with van der Waals surface area (Å²) in [6.07, 6.45) is 40.4. The third-order valence-electron chi connectivity index (χ3n) is 7.99. The lowest BCUT2D eigenvalue weighted by Gasteiger charge is -2.03. The molecular formula is C36H72O4. The number of hydrogen-bond donors (Lipinski definition) is 2. The van der Waals surface area contributed by atoms with Crippen LogP contribution in [0.5, 0.6) is 0 Å². The predicted molar refractivity (Wildman–Crippen MR) is 174 cm³/mol. The zero-order chi connectivity index (χ0) is 29.8. The van der Waals surface area contributed by atoms with Crippen molar-refractivity contribution in [3.63, 3.8) is 0 Å². The smallest absolute Gasteiger partial charge is 0.303 e. The Bertz CT molecular complexity index is 491. The van der Waals surface area contributed by atoms with Crippen molar-refractivity contribution >= 4 is 11.9 Å². The Morgan fingerprint density at radius 3 is 0.600 bits per heavy atom. The van der Waals surface area contributed by atoms with E-state index in [2.05, 4.69) is 13.8 Å². The van der Waals surface area contributed by atoms with Gasteiger partial charge in [0.25, 0.3) is 0 Å². The fourth-order valence-corrected chi connectivity index (χ4v) is 5.30. The molecule has 0 aromatic heterocycles. The zero-order valence-corrected chi connectivity index (χ0v) is 27.3. The van der Waals surface area contributed by atoms with Crippen LogP contribution >= 0.6 is 0 Å². The highest BCUT2D eigenvalue weighted by atomic mass is 16.4. The van der Waals surface area contributed by atoms with Crippen LogP contribution in [0.2, 0.25) is 0 Å². The van der Waals surface area contributed by atoms with Gasteiger partial charge in [-0.05, 0) is 12.8 Å². The Labute approximate surface area is 250 Å². The van der Waals surface area contributed by atoms with E-state index in [4.69, 9.17) is 10.2 Å². The molecule has 0 aliphatic carbocycles. The SMILES string of the molecule is CCCCCCCCCCCCCCCCC(=O)O.CCCCCCCCCCCCCCCCCCC(=O)O. The number of unbranched alkanes of at least 4 members (excludes halogenated alkanes) is 28. The highest BCUT2D eigenvalue weighted by Gasteiger charge is 1.98. The van der Waals surface area contributed by atoms with Crippen LogP contribution in [0.1, 0.15) is 219 Å². The summed E-state index contributed by atoms with van der Waals surface area (Å²) in [4.78, 5) is 20.7. The Morgan fingerprint density at radius 2 is 0.450 bits per heavy atom. The molecule has 2 N–H and O–H groups in total. The first-order chi connectivity index (χ1) is 19.5. The quantitative estimate of drug-likeness (QED) is 0.0791. The molecule has 0 aliphatic heterocycles. The molecule has 0 heterocycles. The molecule has 4 heteroatoms. The lowest BCUT2D eigenvalue weighted by atomic mass is 10.0. The first kappa shape index (κ1) is 41.1. The molecule has 240 valence electrons. The zero-order valence-electron chi connectivity index (χ0n) is 27.3. The summed E-state index contributed by atoms with van der Waals surface area (Å²) >= 11 is 0. The minimum absolute atomic E-state index is 0.345. The van der Waals surface area contributed by atoms with Crippen molar-refractivity contribution in [1.29, 1.82) is 0 Å². The van der Waals surface area contributed by atoms with Crippen LogP contribution in [0, 0.1) is 0 Å². The van der Waals surface area contributed by atoms with Crippen molar-refractivity contribution in [2.45, 2.75) is 219 Å². The summed E-state index contributed by atoms with van der Waals surface area (Å²) in [5.41, 5.74) is 0. The lowest BCUT2D eigenvalue weighted by molar-refractivity contribution is -0.138. The molecule has 0 aromatic rings. The first-order valence-corrected chi connectivity index (χ1v) is 18.0. The van der Waals surface area contributed by atoms with E-state index in [1.54, 1.807) is 0 Å². The van der Waals surface area contributed by atoms with E-state index in [1.165, 1.54) is 167 Å². The summed E-state index contributed by atoms with van der Waals surface area (Å²) in [7, 11) is 0. The number of aliphatic carboxylic acids is 2. The Balaban J connectivity index is 0. The minimum atomic E-state index is -0.654. The van der Waals surface area contributed by atoms with E-state index in [0.717, 1.165) is 25.7 Å². The molecule has 40 heavy (non-hydrogen) atoms. The Morgan fingerprint density at radius 1 is 0.300 bits per heavy atom. The summed E-state index contributed by atoms with van der Waals surface area (Å²) < 4.78 is 0. The fourth-order valence-electron chi connectivity index (χ4n) is 5.30. The fraction of sp³-hybridized carbons (Fsp3) is 0.944. The van der Waals surface area contributed by atoms with Gasteiger partial charge < -0.3 is 10.2 Å². The van der Waals surface area contributed by atoms with E-state index in [1.807, 2.05) is 0 Å². The topological polar surface area (TPSA) is 74.6 Å². The van der Waals surface area contributed by atoms with Crippen LogP contribution in [0.25, 0.3) is 0 Å². The molecule has 0 spiro atoms. The predicted octanol–water partition coefficient (Wildman–Crippen LogP) is 12.7. The lowest BCUT2D eigenvalue weighted by Crippen LogP contribution is -1.93. The van der Waals surface area contributed by atoms with E-state index < -0.39 is 11.9 Å². The molecule has 0 aromatic carbocycles. The van der Waals surface area contributed by atoms with Gasteiger partial charge >= 0.3 is 11.9 Å². The molecular weight excluding hydrogens is 496 g/mol. The molecule has 0 bridgehead atoms. The van der Waals surface area contributed by atoms with Crippen LogP contribution in [-0.4, -0.2) is 22.2 Å². The van der Waals surface area contributed by atoms with Gasteiger partial charge in [-0.3, -0.25) is 9.59 Å². The third kappa shape index (κ3) is 44.0. The molecule has 0 fully saturated rings. The molecule has 0 saturated heterocycles. The molecule has 0 amide bonds. The maximum absolute atomic E-state index is 10.3. The summed E-state index contributed by atoms with van der Waals surface area (Å²) in [6.45, 7) is 4.54. The molecule has 0 rings (SSSR count). The molecule has 0 radical (unpaired) electrons. The number of rotatable bonds is 32. The summed E-state index contributed by atoms with van der Waals surface area (Å²) in [5, 5.41) is 17.0. The number of carbonyl (C=O) groups is 2. The monoisotopic (exact) mass is 569 g/mol. The molecule has 4 nitrogen and oxygen atoms in total. The van der Waals surface area contributed by atoms with Crippen LogP contribution < -0.4 is 0 Å². The van der Waals surface area contributed by atoms with Gasteiger partial charge in [-0.2, -0.15) is 0 Å². The maximum Gasteiger partial charge on any atom is 0.303 e. The van der Waals surface area contributed by atoms with Gasteiger partial charge in [-0.25, -0.2) is 0 Å². The normalized spacial score (nSPS) is 10.8. The van der Waals surface area contributed by atoms with Crippen LogP contribution in [0.3, 0.4) is 0 Å². The second kappa shape index (κ2) is 37.9. The van der Waals surface area contributed by atoms with Crippen molar-refractivity contribution in [3.8, 4) is 0 Å². The van der Waals surface area contributed by atoms with E-state index in [-0.39, 0.29) is 0 Å². The van der Waals surface area contributed by atoms with Gasteiger partial charge in [-0.1, -0.05) is 194 Å². The van der Waals surface area contributed by atoms with Gasteiger partial charge in [0.2, 0.25) is 0 Å². The average molecular weight is 569 g/mol. The maximum atomic E-state index is 10.3. The van der Waals surface area contributed by atoms with E-state index in [0.29, 0.717) is 12.8 Å². The van der Waals surface area contributed by atoms with Crippen LogP contribution in [0.15, 0.2) is 0 Å². The number of carboxylic acid groups (broad SMARTS) is 2. The van der Waals surface area contributed by atoms with Gasteiger partial charge in [0.15, 0.2) is 0 Å². The van der Waals surface area contributed by atoms with Gasteiger partial charge in [0.05, 0.1) is 0 Å². The van der Waals surface area contributed by atoms with Crippen LogP contribution in [-0.2, 0) is 9.59 Å². The summed E-state index contributed by atoms with van der Waals surface area (Å²) in [5.74, 6) is -1.31. The van der Waals surface area contributed by atoms with Crippen molar-refractivity contribution in [2.24, 2.45) is 0 Å². The molecule has 0 unspecified atom stereocenters.